The van der Waals surface area contributed by atoms with E-state index < -0.39 is 11.7 Å². The average Bonchev–Trinajstić information content (AvgIpc) is 3.67. The minimum absolute atomic E-state index is 0.0716. The molecule has 6 aromatic rings. The Bertz CT molecular complexity index is 2210. The van der Waals surface area contributed by atoms with Gasteiger partial charge in [-0.15, -0.1) is 22.7 Å². The monoisotopic (exact) mass is 614 g/mol. The van der Waals surface area contributed by atoms with Crippen LogP contribution in [0.5, 0.6) is 11.8 Å². The molecule has 9 rings (SSSR count). The number of terminal acetylenes is 1. The van der Waals surface area contributed by atoms with Gasteiger partial charge in [0.1, 0.15) is 21.9 Å². The molecule has 0 bridgehead atoms. The number of benzene rings is 3. The summed E-state index contributed by atoms with van der Waals surface area (Å²) in [6, 6.07) is 22.3. The van der Waals surface area contributed by atoms with Crippen LogP contribution in [0.4, 0.5) is 4.39 Å². The van der Waals surface area contributed by atoms with Crippen molar-refractivity contribution < 1.29 is 14.2 Å². The first-order valence-corrected chi connectivity index (χ1v) is 16.5. The number of halogens is 1. The molecule has 0 spiro atoms. The third-order valence-electron chi connectivity index (χ3n) is 11.2. The zero-order valence-electron chi connectivity index (χ0n) is 24.8. The summed E-state index contributed by atoms with van der Waals surface area (Å²) < 4.78 is 24.5. The molecular formula is C37H31FN4O2S. The Morgan fingerprint density at radius 2 is 1.82 bits per heavy atom. The van der Waals surface area contributed by atoms with E-state index in [-0.39, 0.29) is 17.2 Å². The van der Waals surface area contributed by atoms with E-state index in [0.29, 0.717) is 35.6 Å². The van der Waals surface area contributed by atoms with Crippen molar-refractivity contribution in [1.29, 1.82) is 0 Å². The zero-order chi connectivity index (χ0) is 30.5. The van der Waals surface area contributed by atoms with Gasteiger partial charge in [0, 0.05) is 16.2 Å². The number of para-hydroxylation sites is 1. The van der Waals surface area contributed by atoms with E-state index in [9.17, 15) is 5.11 Å². The van der Waals surface area contributed by atoms with E-state index in [4.69, 9.17) is 11.2 Å². The summed E-state index contributed by atoms with van der Waals surface area (Å²) in [5.74, 6) is 4.94. The lowest BCUT2D eigenvalue weighted by molar-refractivity contribution is -0.0646. The second-order valence-electron chi connectivity index (χ2n) is 13.2. The van der Waals surface area contributed by atoms with Gasteiger partial charge in [-0.25, -0.2) is 0 Å². The van der Waals surface area contributed by atoms with Gasteiger partial charge >= 0.3 is 12.1 Å². The number of hydrogen-bond acceptors (Lipinski definition) is 6. The number of nitrogens with zero attached hydrogens (tertiary/aromatic N) is 4. The van der Waals surface area contributed by atoms with E-state index in [0.717, 1.165) is 57.9 Å². The molecule has 8 heteroatoms. The van der Waals surface area contributed by atoms with Crippen LogP contribution < -0.4 is 4.74 Å². The molecule has 0 aliphatic heterocycles. The van der Waals surface area contributed by atoms with Gasteiger partial charge in [-0.2, -0.15) is 14.4 Å². The molecule has 3 aromatic carbocycles. The molecule has 3 aliphatic carbocycles. The second kappa shape index (κ2) is 9.59. The SMILES string of the molecule is C#CC1(O)CCC2C3CCc4cc(Oc5nc(F)nc(-c6c7ccccc7c7sc8ccccc8n67)n5)ccc4C3CC[C@@]21C. The third-order valence-corrected chi connectivity index (χ3v) is 12.4. The van der Waals surface area contributed by atoms with Crippen molar-refractivity contribution in [1.82, 2.24) is 19.4 Å². The fourth-order valence-electron chi connectivity index (χ4n) is 9.07. The van der Waals surface area contributed by atoms with Crippen LogP contribution in [0.15, 0.2) is 66.7 Å². The van der Waals surface area contributed by atoms with Gasteiger partial charge in [-0.1, -0.05) is 55.3 Å². The normalized spacial score (nSPS) is 27.3. The van der Waals surface area contributed by atoms with Gasteiger partial charge in [0.15, 0.2) is 5.82 Å². The number of thiazole rings is 1. The van der Waals surface area contributed by atoms with Gasteiger partial charge < -0.3 is 9.84 Å². The fourth-order valence-corrected chi connectivity index (χ4v) is 10.3. The summed E-state index contributed by atoms with van der Waals surface area (Å²) in [4.78, 5) is 13.8. The summed E-state index contributed by atoms with van der Waals surface area (Å²) in [5, 5.41) is 13.3. The molecule has 0 radical (unpaired) electrons. The Hall–Kier alpha value is -4.32. The first-order chi connectivity index (χ1) is 21.9. The Labute approximate surface area is 263 Å². The minimum Gasteiger partial charge on any atom is -0.424 e. The molecule has 0 amide bonds. The van der Waals surface area contributed by atoms with Gasteiger partial charge in [0.25, 0.3) is 0 Å². The van der Waals surface area contributed by atoms with Crippen molar-refractivity contribution in [2.75, 3.05) is 0 Å². The Balaban J connectivity index is 1.06. The lowest BCUT2D eigenvalue weighted by atomic mass is 9.53. The smallest absolute Gasteiger partial charge is 0.328 e. The van der Waals surface area contributed by atoms with E-state index in [1.54, 1.807) is 11.3 Å². The van der Waals surface area contributed by atoms with Crippen LogP contribution in [-0.4, -0.2) is 30.1 Å². The quantitative estimate of drug-likeness (QED) is 0.203. The molecule has 1 N–H and O–H groups in total. The van der Waals surface area contributed by atoms with Crippen molar-refractivity contribution in [2.45, 2.75) is 57.0 Å². The number of aromatic nitrogens is 4. The predicted molar refractivity (Wildman–Crippen MR) is 174 cm³/mol. The number of hydrogen-bond donors (Lipinski definition) is 1. The van der Waals surface area contributed by atoms with E-state index >= 15 is 4.39 Å². The van der Waals surface area contributed by atoms with Gasteiger partial charge in [-0.05, 0) is 91.7 Å². The van der Waals surface area contributed by atoms with Gasteiger partial charge in [0.05, 0.1) is 10.2 Å². The maximum atomic E-state index is 15.1. The van der Waals surface area contributed by atoms with Crippen molar-refractivity contribution in [3.63, 3.8) is 0 Å². The second-order valence-corrected chi connectivity index (χ2v) is 14.2. The average molecular weight is 615 g/mol. The Morgan fingerprint density at radius 3 is 2.69 bits per heavy atom. The molecule has 4 unspecified atom stereocenters. The molecule has 3 aromatic heterocycles. The maximum Gasteiger partial charge on any atom is 0.328 e. The highest BCUT2D eigenvalue weighted by molar-refractivity contribution is 7.24. The number of ether oxygens (including phenoxy) is 1. The van der Waals surface area contributed by atoms with Crippen molar-refractivity contribution in [2.24, 2.45) is 17.3 Å². The van der Waals surface area contributed by atoms with Crippen LogP contribution in [-0.2, 0) is 6.42 Å². The lowest BCUT2D eigenvalue weighted by Gasteiger charge is -2.52. The van der Waals surface area contributed by atoms with E-state index in [2.05, 4.69) is 62.5 Å². The van der Waals surface area contributed by atoms with Crippen molar-refractivity contribution in [3.05, 3.63) is 83.9 Å². The molecule has 2 saturated carbocycles. The van der Waals surface area contributed by atoms with Crippen molar-refractivity contribution in [3.8, 4) is 35.6 Å². The molecule has 3 heterocycles. The van der Waals surface area contributed by atoms with Gasteiger partial charge in [0.2, 0.25) is 0 Å². The zero-order valence-corrected chi connectivity index (χ0v) is 25.6. The Kier molecular flexibility index (Phi) is 5.76. The summed E-state index contributed by atoms with van der Waals surface area (Å²) in [6.07, 6.45) is 10.5. The predicted octanol–water partition coefficient (Wildman–Crippen LogP) is 8.31. The first kappa shape index (κ1) is 27.0. The van der Waals surface area contributed by atoms with Crippen LogP contribution in [0.3, 0.4) is 0 Å². The maximum absolute atomic E-state index is 15.1. The van der Waals surface area contributed by atoms with E-state index in [1.165, 1.54) is 11.1 Å². The highest BCUT2D eigenvalue weighted by Crippen LogP contribution is 2.64. The largest absolute Gasteiger partial charge is 0.424 e. The topological polar surface area (TPSA) is 72.5 Å². The highest BCUT2D eigenvalue weighted by Gasteiger charge is 2.61. The number of fused-ring (bicyclic) bond motifs is 10. The Morgan fingerprint density at radius 1 is 1.00 bits per heavy atom. The van der Waals surface area contributed by atoms with Gasteiger partial charge in [-0.3, -0.25) is 4.40 Å². The van der Waals surface area contributed by atoms with Crippen LogP contribution >= 0.6 is 11.3 Å². The molecule has 0 saturated heterocycles. The molecule has 3 aliphatic rings. The molecule has 5 atom stereocenters. The third kappa shape index (κ3) is 3.81. The van der Waals surface area contributed by atoms with Crippen LogP contribution in [0.25, 0.3) is 37.3 Å². The fraction of sp³-hybridized carbons (Fsp3) is 0.324. The number of aliphatic hydroxyl groups is 1. The highest BCUT2D eigenvalue weighted by atomic mass is 32.1. The van der Waals surface area contributed by atoms with Crippen LogP contribution in [0.2, 0.25) is 0 Å². The summed E-state index contributed by atoms with van der Waals surface area (Å²) >= 11 is 1.69. The van der Waals surface area contributed by atoms with E-state index in [1.807, 2.05) is 36.4 Å². The van der Waals surface area contributed by atoms with Crippen LogP contribution in [0.1, 0.15) is 56.1 Å². The molecule has 224 valence electrons. The number of rotatable bonds is 3. The minimum atomic E-state index is -1.01. The molecule has 6 nitrogen and oxygen atoms in total. The molecule has 45 heavy (non-hydrogen) atoms. The van der Waals surface area contributed by atoms with Crippen LogP contribution in [0, 0.1) is 35.7 Å². The first-order valence-electron chi connectivity index (χ1n) is 15.7. The standard InChI is InChI=1S/C37H31FN4O2S/c1-3-37(43)19-17-28-25-14-12-21-20-22(13-15-23(21)24(25)16-18-36(28,37)2)44-35-40-32(39-34(38)41-35)31-26-8-4-5-9-27(26)33-42(31)29-10-6-7-11-30(29)45-33/h1,4-11,13,15,20,24-25,28,43H,12,14,16-19H2,2H3/t24?,25?,28?,36-,37?/m0/s1. The lowest BCUT2D eigenvalue weighted by Crippen LogP contribution is -2.50. The molecular weight excluding hydrogens is 583 g/mol. The van der Waals surface area contributed by atoms with Crippen molar-refractivity contribution >= 4 is 37.2 Å². The number of aryl methyl sites for hydroxylation is 1. The molecule has 2 fully saturated rings. The summed E-state index contributed by atoms with van der Waals surface area (Å²) in [5.41, 5.74) is 3.11. The summed E-state index contributed by atoms with van der Waals surface area (Å²) in [7, 11) is 0. The summed E-state index contributed by atoms with van der Waals surface area (Å²) in [6.45, 7) is 2.21.